The topological polar surface area (TPSA) is 70.1 Å². The molecule has 0 aliphatic carbocycles. The molecule has 3 aromatic rings. The van der Waals surface area contributed by atoms with Gasteiger partial charge in [-0.2, -0.15) is 0 Å². The molecule has 1 aromatic heterocycles. The average Bonchev–Trinajstić information content (AvgIpc) is 3.49. The second-order valence-corrected chi connectivity index (χ2v) is 8.35. The van der Waals surface area contributed by atoms with Gasteiger partial charge >= 0.3 is 0 Å². The molecule has 2 heterocycles. The lowest BCUT2D eigenvalue weighted by Gasteiger charge is -2.21. The number of hydrogen-bond donors (Lipinski definition) is 0. The van der Waals surface area contributed by atoms with Crippen LogP contribution in [0.15, 0.2) is 42.5 Å². The van der Waals surface area contributed by atoms with Crippen molar-refractivity contribution in [1.82, 2.24) is 4.98 Å². The Morgan fingerprint density at radius 1 is 1.19 bits per heavy atom. The van der Waals surface area contributed by atoms with E-state index in [0.717, 1.165) is 35.2 Å². The van der Waals surface area contributed by atoms with Crippen LogP contribution < -0.4 is 19.1 Å². The quantitative estimate of drug-likeness (QED) is 0.465. The number of amides is 1. The Hall–Kier alpha value is -3.10. The number of nitrogens with zero attached hydrogens (tertiary/aromatic N) is 2. The van der Waals surface area contributed by atoms with Gasteiger partial charge in [0.1, 0.15) is 0 Å². The van der Waals surface area contributed by atoms with Crippen molar-refractivity contribution < 1.29 is 23.7 Å². The summed E-state index contributed by atoms with van der Waals surface area (Å²) in [6, 6.07) is 11.5. The summed E-state index contributed by atoms with van der Waals surface area (Å²) in [7, 11) is 4.68. The van der Waals surface area contributed by atoms with E-state index in [1.807, 2.05) is 24.3 Å². The lowest BCUT2D eigenvalue weighted by molar-refractivity contribution is -0.114. The van der Waals surface area contributed by atoms with E-state index in [1.165, 1.54) is 11.3 Å². The number of carbonyl (C=O) groups is 1. The van der Waals surface area contributed by atoms with E-state index >= 15 is 0 Å². The van der Waals surface area contributed by atoms with Gasteiger partial charge in [-0.1, -0.05) is 23.5 Å². The number of ether oxygens (including phenoxy) is 4. The van der Waals surface area contributed by atoms with Crippen molar-refractivity contribution in [3.8, 4) is 17.2 Å². The van der Waals surface area contributed by atoms with Gasteiger partial charge in [-0.05, 0) is 48.7 Å². The van der Waals surface area contributed by atoms with Crippen LogP contribution in [0, 0.1) is 0 Å². The van der Waals surface area contributed by atoms with Gasteiger partial charge in [0.15, 0.2) is 16.6 Å². The van der Waals surface area contributed by atoms with Crippen LogP contribution in [0.4, 0.5) is 5.13 Å². The highest BCUT2D eigenvalue weighted by molar-refractivity contribution is 7.22. The smallest absolute Gasteiger partial charge is 0.252 e. The van der Waals surface area contributed by atoms with Crippen molar-refractivity contribution in [1.29, 1.82) is 0 Å². The van der Waals surface area contributed by atoms with Gasteiger partial charge in [0.05, 0.1) is 44.2 Å². The highest BCUT2D eigenvalue weighted by atomic mass is 32.1. The standard InChI is InChI=1S/C24H26N2O5S/c1-28-19-13-16(14-20(29-2)23(19)30-3)10-11-22(27)26(15-17-7-6-12-31-17)24-25-18-8-4-5-9-21(18)32-24/h4-5,8-11,13-14,17H,6-7,12,15H2,1-3H3/b11-10+. The van der Waals surface area contributed by atoms with Crippen LogP contribution in [0.2, 0.25) is 0 Å². The lowest BCUT2D eigenvalue weighted by atomic mass is 10.1. The first-order valence-electron chi connectivity index (χ1n) is 10.4. The molecule has 0 spiro atoms. The minimum Gasteiger partial charge on any atom is -0.493 e. The molecule has 7 nitrogen and oxygen atoms in total. The largest absolute Gasteiger partial charge is 0.493 e. The number of carbonyl (C=O) groups excluding carboxylic acids is 1. The fraction of sp³-hybridized carbons (Fsp3) is 0.333. The summed E-state index contributed by atoms with van der Waals surface area (Å²) in [6.07, 6.45) is 5.24. The van der Waals surface area contributed by atoms with Crippen LogP contribution in [0.5, 0.6) is 17.2 Å². The Kier molecular flexibility index (Phi) is 6.92. The van der Waals surface area contributed by atoms with E-state index in [-0.39, 0.29) is 12.0 Å². The molecule has 168 valence electrons. The number of rotatable bonds is 8. The summed E-state index contributed by atoms with van der Waals surface area (Å²) >= 11 is 1.50. The monoisotopic (exact) mass is 454 g/mol. The first-order valence-corrected chi connectivity index (χ1v) is 11.2. The Bertz CT molecular complexity index is 1060. The van der Waals surface area contributed by atoms with E-state index < -0.39 is 0 Å². The van der Waals surface area contributed by atoms with Crippen LogP contribution in [0.1, 0.15) is 18.4 Å². The number of fused-ring (bicyclic) bond motifs is 1. The SMILES string of the molecule is COc1cc(/C=C/C(=O)N(CC2CCCO2)c2nc3ccccc3s2)cc(OC)c1OC. The number of para-hydroxylation sites is 1. The zero-order chi connectivity index (χ0) is 22.5. The molecule has 0 N–H and O–H groups in total. The maximum absolute atomic E-state index is 13.3. The predicted molar refractivity (Wildman–Crippen MR) is 126 cm³/mol. The van der Waals surface area contributed by atoms with Gasteiger partial charge in [-0.3, -0.25) is 9.69 Å². The molecule has 0 saturated carbocycles. The summed E-state index contributed by atoms with van der Waals surface area (Å²) in [5.74, 6) is 1.41. The second kappa shape index (κ2) is 10.0. The van der Waals surface area contributed by atoms with Gasteiger partial charge < -0.3 is 18.9 Å². The highest BCUT2D eigenvalue weighted by Gasteiger charge is 2.25. The van der Waals surface area contributed by atoms with Gasteiger partial charge in [0.25, 0.3) is 5.91 Å². The van der Waals surface area contributed by atoms with E-state index in [4.69, 9.17) is 18.9 Å². The van der Waals surface area contributed by atoms with Crippen molar-refractivity contribution in [2.75, 3.05) is 39.4 Å². The van der Waals surface area contributed by atoms with Crippen LogP contribution in [-0.4, -0.2) is 51.5 Å². The molecule has 1 aliphatic heterocycles. The van der Waals surface area contributed by atoms with Gasteiger partial charge in [0, 0.05) is 12.7 Å². The third-order valence-corrected chi connectivity index (χ3v) is 6.35. The Morgan fingerprint density at radius 2 is 1.94 bits per heavy atom. The molecule has 32 heavy (non-hydrogen) atoms. The molecule has 1 amide bonds. The molecule has 4 rings (SSSR count). The van der Waals surface area contributed by atoms with Crippen molar-refractivity contribution in [3.05, 3.63) is 48.0 Å². The minimum absolute atomic E-state index is 0.0144. The fourth-order valence-corrected chi connectivity index (χ4v) is 4.67. The Morgan fingerprint density at radius 3 is 2.56 bits per heavy atom. The molecule has 1 saturated heterocycles. The lowest BCUT2D eigenvalue weighted by Crippen LogP contribution is -2.36. The number of anilines is 1. The van der Waals surface area contributed by atoms with Crippen LogP contribution >= 0.6 is 11.3 Å². The number of thiazole rings is 1. The molecular weight excluding hydrogens is 428 g/mol. The Balaban J connectivity index is 1.63. The highest BCUT2D eigenvalue weighted by Crippen LogP contribution is 2.38. The maximum atomic E-state index is 13.3. The van der Waals surface area contributed by atoms with E-state index in [1.54, 1.807) is 50.5 Å². The number of hydrogen-bond acceptors (Lipinski definition) is 7. The predicted octanol–water partition coefficient (Wildman–Crippen LogP) is 4.55. The summed E-state index contributed by atoms with van der Waals surface area (Å²) in [4.78, 5) is 19.7. The van der Waals surface area contributed by atoms with Crippen LogP contribution in [0.3, 0.4) is 0 Å². The zero-order valence-corrected chi connectivity index (χ0v) is 19.2. The molecule has 0 bridgehead atoms. The number of aromatic nitrogens is 1. The molecule has 1 aliphatic rings. The molecule has 1 fully saturated rings. The summed E-state index contributed by atoms with van der Waals surface area (Å²) < 4.78 is 23.0. The van der Waals surface area contributed by atoms with Crippen LogP contribution in [0.25, 0.3) is 16.3 Å². The second-order valence-electron chi connectivity index (χ2n) is 7.34. The van der Waals surface area contributed by atoms with Gasteiger partial charge in [-0.25, -0.2) is 4.98 Å². The summed E-state index contributed by atoms with van der Waals surface area (Å²) in [6.45, 7) is 1.20. The molecule has 1 atom stereocenters. The number of benzene rings is 2. The first-order chi connectivity index (χ1) is 15.6. The third-order valence-electron chi connectivity index (χ3n) is 5.30. The van der Waals surface area contributed by atoms with Crippen molar-refractivity contribution in [3.63, 3.8) is 0 Å². The molecule has 0 radical (unpaired) electrons. The summed E-state index contributed by atoms with van der Waals surface area (Å²) in [5, 5.41) is 0.668. The van der Waals surface area contributed by atoms with E-state index in [2.05, 4.69) is 4.98 Å². The van der Waals surface area contributed by atoms with Crippen molar-refractivity contribution >= 4 is 38.7 Å². The number of methoxy groups -OCH3 is 3. The van der Waals surface area contributed by atoms with Gasteiger partial charge in [-0.15, -0.1) is 0 Å². The van der Waals surface area contributed by atoms with Crippen LogP contribution in [-0.2, 0) is 9.53 Å². The molecule has 8 heteroatoms. The summed E-state index contributed by atoms with van der Waals surface area (Å²) in [5.41, 5.74) is 1.64. The van der Waals surface area contributed by atoms with E-state index in [0.29, 0.717) is 28.9 Å². The molecular formula is C24H26N2O5S. The minimum atomic E-state index is -0.159. The Labute approximate surface area is 191 Å². The fourth-order valence-electron chi connectivity index (χ4n) is 3.68. The van der Waals surface area contributed by atoms with Crippen molar-refractivity contribution in [2.24, 2.45) is 0 Å². The average molecular weight is 455 g/mol. The molecule has 2 aromatic carbocycles. The normalized spacial score (nSPS) is 15.9. The van der Waals surface area contributed by atoms with Crippen molar-refractivity contribution in [2.45, 2.75) is 18.9 Å². The zero-order valence-electron chi connectivity index (χ0n) is 18.4. The third kappa shape index (κ3) is 4.71. The van der Waals surface area contributed by atoms with Gasteiger partial charge in [0.2, 0.25) is 5.75 Å². The maximum Gasteiger partial charge on any atom is 0.252 e. The van der Waals surface area contributed by atoms with E-state index in [9.17, 15) is 4.79 Å². The molecule has 1 unspecified atom stereocenters. The first kappa shape index (κ1) is 22.1.